The second kappa shape index (κ2) is 7.13. The Kier molecular flexibility index (Phi) is 4.44. The maximum absolute atomic E-state index is 16.1. The van der Waals surface area contributed by atoms with E-state index in [0.29, 0.717) is 5.56 Å². The molecule has 5 amide bonds. The monoisotopic (exact) mass is 487 g/mol. The van der Waals surface area contributed by atoms with Gasteiger partial charge in [0, 0.05) is 13.0 Å². The number of hydrogen-bond donors (Lipinski definition) is 2. The van der Waals surface area contributed by atoms with Crippen LogP contribution in [-0.2, 0) is 25.5 Å². The van der Waals surface area contributed by atoms with Gasteiger partial charge >= 0.3 is 12.1 Å². The minimum atomic E-state index is -1.75. The van der Waals surface area contributed by atoms with Crippen LogP contribution in [0, 0.1) is 11.2 Å². The van der Waals surface area contributed by atoms with E-state index in [9.17, 15) is 19.2 Å². The summed E-state index contributed by atoms with van der Waals surface area (Å²) in [6.07, 6.45) is -1.81. The molecule has 2 N–H and O–H groups in total. The first-order valence-corrected chi connectivity index (χ1v) is 11.3. The molecule has 0 aliphatic carbocycles. The van der Waals surface area contributed by atoms with Crippen LogP contribution in [0.15, 0.2) is 10.6 Å². The van der Waals surface area contributed by atoms with Gasteiger partial charge < -0.3 is 18.9 Å². The Morgan fingerprint density at radius 2 is 1.86 bits per heavy atom. The molecule has 1 aromatic heterocycles. The van der Waals surface area contributed by atoms with Crippen molar-refractivity contribution in [3.05, 3.63) is 17.4 Å². The zero-order chi connectivity index (χ0) is 24.8. The number of carbonyl (C=O) groups is 4. The van der Waals surface area contributed by atoms with Gasteiger partial charge in [-0.25, -0.2) is 14.0 Å². The number of nitrogens with zero attached hydrogens (tertiary/aromatic N) is 3. The molecule has 0 radical (unpaired) electrons. The topological polar surface area (TPSA) is 143 Å². The van der Waals surface area contributed by atoms with Crippen LogP contribution in [0.3, 0.4) is 0 Å². The fourth-order valence-corrected chi connectivity index (χ4v) is 5.92. The Bertz CT molecular complexity index is 1300. The van der Waals surface area contributed by atoms with Crippen LogP contribution in [0.2, 0.25) is 0 Å². The molecule has 3 saturated heterocycles. The molecule has 0 saturated carbocycles. The number of anilines is 2. The highest BCUT2D eigenvalue weighted by Crippen LogP contribution is 2.49. The summed E-state index contributed by atoms with van der Waals surface area (Å²) in [5.74, 6) is -2.19. The molecule has 4 aliphatic heterocycles. The lowest BCUT2D eigenvalue weighted by Crippen LogP contribution is -2.75. The largest absolute Gasteiger partial charge is 0.447 e. The third-order valence-corrected chi connectivity index (χ3v) is 7.26. The number of urea groups is 1. The molecular weight excluding hydrogens is 465 g/mol. The van der Waals surface area contributed by atoms with E-state index >= 15 is 4.39 Å². The summed E-state index contributed by atoms with van der Waals surface area (Å²) in [5.41, 5.74) is -1.39. The van der Waals surface area contributed by atoms with Crippen LogP contribution in [0.4, 0.5) is 25.5 Å². The summed E-state index contributed by atoms with van der Waals surface area (Å²) in [4.78, 5) is 53.6. The van der Waals surface area contributed by atoms with Gasteiger partial charge in [-0.05, 0) is 32.4 Å². The number of morpholine rings is 1. The average Bonchev–Trinajstić information content (AvgIpc) is 3.33. The third kappa shape index (κ3) is 2.78. The van der Waals surface area contributed by atoms with Crippen LogP contribution in [-0.4, -0.2) is 66.5 Å². The fraction of sp³-hybridized carbons (Fsp3) is 0.500. The van der Waals surface area contributed by atoms with Crippen LogP contribution >= 0.6 is 0 Å². The number of fused-ring (bicyclic) bond motifs is 5. The Balaban J connectivity index is 1.58. The van der Waals surface area contributed by atoms with Gasteiger partial charge in [-0.1, -0.05) is 5.16 Å². The Labute approximate surface area is 197 Å². The standard InChI is InChI=1S/C22H22FN5O7/c1-8-7-33-21(32)28(8)17-12-4-11-5-22(18(29)24-20(31)25-19(22)30)16-10(3)34-9(2)6-27(16)14(11)13(23)15(12)35-26-17/h4,8-10,16H,5-7H2,1-3H3,(H2,24,25,29,30,31)/t8-,9?,10?,16?/m0/s1. The normalized spacial score (nSPS) is 29.7. The number of carbonyl (C=O) groups excluding carboxylic acids is 4. The van der Waals surface area contributed by atoms with Gasteiger partial charge in [0.05, 0.1) is 35.4 Å². The van der Waals surface area contributed by atoms with E-state index in [1.165, 1.54) is 4.90 Å². The number of cyclic esters (lactones) is 1. The average molecular weight is 487 g/mol. The number of rotatable bonds is 1. The number of barbiturate groups is 1. The van der Waals surface area contributed by atoms with Crippen LogP contribution < -0.4 is 20.4 Å². The summed E-state index contributed by atoms with van der Waals surface area (Å²) >= 11 is 0. The van der Waals surface area contributed by atoms with Gasteiger partial charge in [0.2, 0.25) is 17.4 Å². The number of benzene rings is 1. The van der Waals surface area contributed by atoms with E-state index in [1.807, 2.05) is 6.92 Å². The number of nitrogens with one attached hydrogen (secondary N) is 2. The van der Waals surface area contributed by atoms with E-state index in [1.54, 1.807) is 24.8 Å². The van der Waals surface area contributed by atoms with E-state index in [-0.39, 0.29) is 54.2 Å². The SMILES string of the molecule is CC1CN2c3c(cc4c(N5C(=O)OC[C@@H]5C)noc4c3F)CC3(C(=O)NC(=O)NC3=O)C2C(C)O1. The highest BCUT2D eigenvalue weighted by atomic mass is 19.1. The van der Waals surface area contributed by atoms with Crippen molar-refractivity contribution in [1.29, 1.82) is 0 Å². The zero-order valence-corrected chi connectivity index (χ0v) is 19.1. The first-order valence-electron chi connectivity index (χ1n) is 11.3. The molecule has 6 rings (SSSR count). The second-order valence-electron chi connectivity index (χ2n) is 9.51. The lowest BCUT2D eigenvalue weighted by atomic mass is 9.66. The Hall–Kier alpha value is -3.74. The maximum atomic E-state index is 16.1. The Morgan fingerprint density at radius 3 is 2.51 bits per heavy atom. The minimum absolute atomic E-state index is 0.0873. The number of halogens is 1. The van der Waals surface area contributed by atoms with E-state index in [0.717, 1.165) is 0 Å². The van der Waals surface area contributed by atoms with Gasteiger partial charge in [-0.3, -0.25) is 25.1 Å². The molecule has 4 aliphatic rings. The molecule has 3 unspecified atom stereocenters. The van der Waals surface area contributed by atoms with E-state index < -0.39 is 47.3 Å². The third-order valence-electron chi connectivity index (χ3n) is 7.26. The first-order chi connectivity index (χ1) is 16.6. The van der Waals surface area contributed by atoms with Crippen LogP contribution in [0.1, 0.15) is 26.3 Å². The molecule has 1 aromatic carbocycles. The van der Waals surface area contributed by atoms with Crippen molar-refractivity contribution in [1.82, 2.24) is 15.8 Å². The van der Waals surface area contributed by atoms with Crippen molar-refractivity contribution in [3.8, 4) is 0 Å². The maximum Gasteiger partial charge on any atom is 0.416 e. The molecule has 5 heterocycles. The molecule has 35 heavy (non-hydrogen) atoms. The van der Waals surface area contributed by atoms with E-state index in [4.69, 9.17) is 14.0 Å². The first kappa shape index (κ1) is 21.8. The van der Waals surface area contributed by atoms with Gasteiger partial charge in [0.1, 0.15) is 6.61 Å². The number of imide groups is 2. The summed E-state index contributed by atoms with van der Waals surface area (Å²) < 4.78 is 32.4. The van der Waals surface area contributed by atoms with Crippen molar-refractivity contribution in [2.75, 3.05) is 23.0 Å². The predicted molar refractivity (Wildman–Crippen MR) is 116 cm³/mol. The van der Waals surface area contributed by atoms with Gasteiger partial charge in [0.15, 0.2) is 17.1 Å². The zero-order valence-electron chi connectivity index (χ0n) is 19.1. The number of ether oxygens (including phenoxy) is 2. The Morgan fingerprint density at radius 1 is 1.14 bits per heavy atom. The van der Waals surface area contributed by atoms with Gasteiger partial charge in [-0.15, -0.1) is 0 Å². The highest BCUT2D eigenvalue weighted by Gasteiger charge is 2.63. The molecule has 4 atom stereocenters. The highest BCUT2D eigenvalue weighted by molar-refractivity contribution is 6.20. The number of aromatic nitrogens is 1. The molecule has 13 heteroatoms. The van der Waals surface area contributed by atoms with Crippen molar-refractivity contribution >= 4 is 46.4 Å². The van der Waals surface area contributed by atoms with Gasteiger partial charge in [-0.2, -0.15) is 0 Å². The van der Waals surface area contributed by atoms with Crippen molar-refractivity contribution < 1.29 is 37.6 Å². The molecule has 2 aromatic rings. The van der Waals surface area contributed by atoms with Crippen molar-refractivity contribution in [2.45, 2.75) is 51.5 Å². The molecule has 0 bridgehead atoms. The van der Waals surface area contributed by atoms with E-state index in [2.05, 4.69) is 15.8 Å². The molecule has 1 spiro atoms. The van der Waals surface area contributed by atoms with Crippen LogP contribution in [0.5, 0.6) is 0 Å². The lowest BCUT2D eigenvalue weighted by molar-refractivity contribution is -0.153. The minimum Gasteiger partial charge on any atom is -0.447 e. The van der Waals surface area contributed by atoms with Crippen molar-refractivity contribution in [2.24, 2.45) is 5.41 Å². The lowest BCUT2D eigenvalue weighted by Gasteiger charge is -2.55. The fourth-order valence-electron chi connectivity index (χ4n) is 5.92. The molecule has 12 nitrogen and oxygen atoms in total. The summed E-state index contributed by atoms with van der Waals surface area (Å²) in [6, 6.07) is -0.572. The smallest absolute Gasteiger partial charge is 0.416 e. The number of amides is 5. The predicted octanol–water partition coefficient (Wildman–Crippen LogP) is 1.20. The number of hydrogen-bond acceptors (Lipinski definition) is 9. The summed E-state index contributed by atoms with van der Waals surface area (Å²) in [6.45, 7) is 5.60. The van der Waals surface area contributed by atoms with Crippen molar-refractivity contribution in [3.63, 3.8) is 0 Å². The molecular formula is C22H22FN5O7. The molecule has 3 fully saturated rings. The quantitative estimate of drug-likeness (QED) is 0.567. The van der Waals surface area contributed by atoms with Gasteiger partial charge in [0.25, 0.3) is 0 Å². The summed E-state index contributed by atoms with van der Waals surface area (Å²) in [5, 5.41) is 8.55. The molecule has 184 valence electrons. The summed E-state index contributed by atoms with van der Waals surface area (Å²) in [7, 11) is 0. The second-order valence-corrected chi connectivity index (χ2v) is 9.51. The van der Waals surface area contributed by atoms with Crippen LogP contribution in [0.25, 0.3) is 11.0 Å².